The van der Waals surface area contributed by atoms with E-state index in [1.54, 1.807) is 6.07 Å². The largest absolute Gasteiger partial charge is 0.504 e. The number of hydrogen-bond acceptors (Lipinski definition) is 4. The molecule has 0 radical (unpaired) electrons. The monoisotopic (exact) mass is 204 g/mol. The Morgan fingerprint density at radius 1 is 1.13 bits per heavy atom. The molecule has 0 aliphatic heterocycles. The van der Waals surface area contributed by atoms with Crippen LogP contribution in [0.1, 0.15) is 16.1 Å². The zero-order chi connectivity index (χ0) is 10.8. The van der Waals surface area contributed by atoms with Crippen molar-refractivity contribution in [2.24, 2.45) is 0 Å². The van der Waals surface area contributed by atoms with Crippen LogP contribution in [0.25, 0.3) is 0 Å². The fourth-order valence-corrected chi connectivity index (χ4v) is 1.26. The van der Waals surface area contributed by atoms with Crippen molar-refractivity contribution in [2.45, 2.75) is 0 Å². The van der Waals surface area contributed by atoms with Crippen LogP contribution in [0.3, 0.4) is 0 Å². The summed E-state index contributed by atoms with van der Waals surface area (Å²) < 4.78 is 4.90. The summed E-state index contributed by atoms with van der Waals surface area (Å²) in [5, 5.41) is 18.7. The van der Waals surface area contributed by atoms with Gasteiger partial charge in [-0.05, 0) is 24.3 Å². The molecule has 0 spiro atoms. The minimum atomic E-state index is -0.464. The highest BCUT2D eigenvalue weighted by Crippen LogP contribution is 2.29. The van der Waals surface area contributed by atoms with Crippen LogP contribution in [0, 0.1) is 0 Å². The summed E-state index contributed by atoms with van der Waals surface area (Å²) in [5.74, 6) is -1.10. The third kappa shape index (κ3) is 1.57. The molecule has 2 rings (SSSR count). The number of phenolic OH excluding ortho intramolecular Hbond substituents is 2. The van der Waals surface area contributed by atoms with Gasteiger partial charge in [0.05, 0.1) is 11.8 Å². The van der Waals surface area contributed by atoms with Crippen molar-refractivity contribution in [1.82, 2.24) is 0 Å². The molecule has 0 saturated carbocycles. The molecule has 4 heteroatoms. The standard InChI is InChI=1S/C11H8O4/c12-8-4-1-3-7(10(8)13)11(14)9-5-2-6-15-9/h1-6,12-13H. The zero-order valence-corrected chi connectivity index (χ0v) is 7.68. The van der Waals surface area contributed by atoms with E-state index >= 15 is 0 Å². The van der Waals surface area contributed by atoms with Crippen LogP contribution in [0.2, 0.25) is 0 Å². The lowest BCUT2D eigenvalue weighted by atomic mass is 10.1. The Balaban J connectivity index is 2.47. The van der Waals surface area contributed by atoms with Crippen LogP contribution in [0.4, 0.5) is 0 Å². The molecule has 0 fully saturated rings. The van der Waals surface area contributed by atoms with Crippen molar-refractivity contribution in [1.29, 1.82) is 0 Å². The smallest absolute Gasteiger partial charge is 0.232 e. The van der Waals surface area contributed by atoms with Crippen LogP contribution < -0.4 is 0 Å². The molecular formula is C11H8O4. The maximum absolute atomic E-state index is 11.7. The molecule has 0 bridgehead atoms. The maximum atomic E-state index is 11.7. The van der Waals surface area contributed by atoms with E-state index in [-0.39, 0.29) is 17.1 Å². The number of rotatable bonds is 2. The lowest BCUT2D eigenvalue weighted by Gasteiger charge is -2.02. The third-order valence-corrected chi connectivity index (χ3v) is 2.00. The Morgan fingerprint density at radius 3 is 2.60 bits per heavy atom. The number of para-hydroxylation sites is 1. The highest BCUT2D eigenvalue weighted by atomic mass is 16.3. The minimum absolute atomic E-state index is 0.0185. The summed E-state index contributed by atoms with van der Waals surface area (Å²) in [6.45, 7) is 0. The highest BCUT2D eigenvalue weighted by molar-refractivity contribution is 6.09. The molecule has 4 nitrogen and oxygen atoms in total. The van der Waals surface area contributed by atoms with E-state index < -0.39 is 11.5 Å². The summed E-state index contributed by atoms with van der Waals surface area (Å²) in [4.78, 5) is 11.7. The van der Waals surface area contributed by atoms with Crippen LogP contribution in [0.15, 0.2) is 41.0 Å². The number of furan rings is 1. The summed E-state index contributed by atoms with van der Waals surface area (Å²) in [6, 6.07) is 7.26. The molecule has 15 heavy (non-hydrogen) atoms. The van der Waals surface area contributed by atoms with Crippen molar-refractivity contribution < 1.29 is 19.4 Å². The predicted molar refractivity (Wildman–Crippen MR) is 51.9 cm³/mol. The first kappa shape index (κ1) is 9.33. The van der Waals surface area contributed by atoms with Crippen molar-refractivity contribution in [3.8, 4) is 11.5 Å². The number of phenols is 2. The number of aromatic hydroxyl groups is 2. The van der Waals surface area contributed by atoms with E-state index in [0.29, 0.717) is 0 Å². The first-order valence-corrected chi connectivity index (χ1v) is 4.29. The first-order chi connectivity index (χ1) is 7.20. The predicted octanol–water partition coefficient (Wildman–Crippen LogP) is 1.92. The van der Waals surface area contributed by atoms with Gasteiger partial charge >= 0.3 is 0 Å². The van der Waals surface area contributed by atoms with Gasteiger partial charge in [-0.15, -0.1) is 0 Å². The van der Waals surface area contributed by atoms with Crippen LogP contribution in [-0.4, -0.2) is 16.0 Å². The van der Waals surface area contributed by atoms with E-state index in [1.807, 2.05) is 0 Å². The second-order valence-electron chi connectivity index (χ2n) is 2.98. The van der Waals surface area contributed by atoms with E-state index in [1.165, 1.54) is 30.5 Å². The van der Waals surface area contributed by atoms with Crippen molar-refractivity contribution in [2.75, 3.05) is 0 Å². The number of carbonyl (C=O) groups is 1. The van der Waals surface area contributed by atoms with E-state index in [2.05, 4.69) is 0 Å². The average Bonchev–Trinajstić information content (AvgIpc) is 2.74. The second-order valence-corrected chi connectivity index (χ2v) is 2.98. The molecule has 76 valence electrons. The number of ketones is 1. The molecule has 0 atom stereocenters. The number of benzene rings is 1. The molecule has 0 aliphatic carbocycles. The van der Waals surface area contributed by atoms with E-state index in [0.717, 1.165) is 0 Å². The average molecular weight is 204 g/mol. The lowest BCUT2D eigenvalue weighted by molar-refractivity contribution is 0.101. The van der Waals surface area contributed by atoms with Gasteiger partial charge in [0, 0.05) is 0 Å². The number of carbonyl (C=O) groups excluding carboxylic acids is 1. The summed E-state index contributed by atoms with van der Waals surface area (Å²) in [7, 11) is 0. The third-order valence-electron chi connectivity index (χ3n) is 2.00. The van der Waals surface area contributed by atoms with E-state index in [9.17, 15) is 15.0 Å². The van der Waals surface area contributed by atoms with Crippen molar-refractivity contribution in [3.63, 3.8) is 0 Å². The van der Waals surface area contributed by atoms with Gasteiger partial charge in [0.15, 0.2) is 17.3 Å². The highest BCUT2D eigenvalue weighted by Gasteiger charge is 2.17. The topological polar surface area (TPSA) is 70.7 Å². The molecule has 1 aromatic heterocycles. The zero-order valence-electron chi connectivity index (χ0n) is 7.68. The molecule has 0 aliphatic rings. The molecule has 0 amide bonds. The van der Waals surface area contributed by atoms with Gasteiger partial charge < -0.3 is 14.6 Å². The normalized spacial score (nSPS) is 10.1. The van der Waals surface area contributed by atoms with Gasteiger partial charge in [-0.2, -0.15) is 0 Å². The SMILES string of the molecule is O=C(c1ccco1)c1cccc(O)c1O. The second kappa shape index (κ2) is 3.49. The van der Waals surface area contributed by atoms with Crippen molar-refractivity contribution >= 4 is 5.78 Å². The summed E-state index contributed by atoms with van der Waals surface area (Å²) in [5.41, 5.74) is 0.0185. The fourth-order valence-electron chi connectivity index (χ4n) is 1.26. The van der Waals surface area contributed by atoms with Crippen LogP contribution in [-0.2, 0) is 0 Å². The first-order valence-electron chi connectivity index (χ1n) is 4.29. The van der Waals surface area contributed by atoms with E-state index in [4.69, 9.17) is 4.42 Å². The molecule has 1 aromatic carbocycles. The lowest BCUT2D eigenvalue weighted by Crippen LogP contribution is -1.99. The molecule has 1 heterocycles. The minimum Gasteiger partial charge on any atom is -0.504 e. The van der Waals surface area contributed by atoms with Crippen molar-refractivity contribution in [3.05, 3.63) is 47.9 Å². The Kier molecular flexibility index (Phi) is 2.17. The van der Waals surface area contributed by atoms with Gasteiger partial charge in [-0.25, -0.2) is 0 Å². The molecule has 0 saturated heterocycles. The fraction of sp³-hybridized carbons (Fsp3) is 0. The van der Waals surface area contributed by atoms with Crippen LogP contribution in [0.5, 0.6) is 11.5 Å². The summed E-state index contributed by atoms with van der Waals surface area (Å²) >= 11 is 0. The molecule has 2 aromatic rings. The number of hydrogen-bond donors (Lipinski definition) is 2. The molecular weight excluding hydrogens is 196 g/mol. The maximum Gasteiger partial charge on any atom is 0.232 e. The Morgan fingerprint density at radius 2 is 1.93 bits per heavy atom. The van der Waals surface area contributed by atoms with Gasteiger partial charge in [0.2, 0.25) is 5.78 Å². The summed E-state index contributed by atoms with van der Waals surface area (Å²) in [6.07, 6.45) is 1.37. The quantitative estimate of drug-likeness (QED) is 0.579. The Bertz CT molecular complexity index is 485. The Labute approximate surface area is 85.4 Å². The van der Waals surface area contributed by atoms with Gasteiger partial charge in [-0.3, -0.25) is 4.79 Å². The molecule has 2 N–H and O–H groups in total. The van der Waals surface area contributed by atoms with Crippen LogP contribution >= 0.6 is 0 Å². The van der Waals surface area contributed by atoms with Gasteiger partial charge in [0.1, 0.15) is 0 Å². The Hall–Kier alpha value is -2.23. The van der Waals surface area contributed by atoms with Gasteiger partial charge in [-0.1, -0.05) is 6.07 Å². The van der Waals surface area contributed by atoms with Gasteiger partial charge in [0.25, 0.3) is 0 Å². The molecule has 0 unspecified atom stereocenters.